The summed E-state index contributed by atoms with van der Waals surface area (Å²) in [6.07, 6.45) is 0. The smallest absolute Gasteiger partial charge is 0.317 e. The third kappa shape index (κ3) is 10.6. The SMILES string of the molecule is O=C(O)CN1CCNCCN(CC(=O)O)CCNCC1.[Mn]. The van der Waals surface area contributed by atoms with Gasteiger partial charge in [-0.1, -0.05) is 0 Å². The van der Waals surface area contributed by atoms with Crippen LogP contribution in [0.25, 0.3) is 0 Å². The first-order valence-electron chi connectivity index (χ1n) is 6.87. The first-order chi connectivity index (χ1) is 9.58. The number of hydrogen-bond donors (Lipinski definition) is 4. The Balaban J connectivity index is 0.00000400. The first-order valence-corrected chi connectivity index (χ1v) is 6.87. The number of hydrogen-bond acceptors (Lipinski definition) is 6. The molecule has 1 aliphatic heterocycles. The minimum Gasteiger partial charge on any atom is -0.480 e. The van der Waals surface area contributed by atoms with Gasteiger partial charge >= 0.3 is 11.9 Å². The molecule has 0 amide bonds. The third-order valence-corrected chi connectivity index (χ3v) is 3.14. The number of aliphatic carboxylic acids is 2. The van der Waals surface area contributed by atoms with Crippen LogP contribution < -0.4 is 10.6 Å². The second-order valence-corrected chi connectivity index (χ2v) is 4.84. The minimum absolute atomic E-state index is 0. The van der Waals surface area contributed by atoms with E-state index in [-0.39, 0.29) is 30.2 Å². The van der Waals surface area contributed by atoms with Gasteiger partial charge in [0.25, 0.3) is 0 Å². The van der Waals surface area contributed by atoms with E-state index in [0.717, 1.165) is 0 Å². The monoisotopic (exact) mass is 343 g/mol. The van der Waals surface area contributed by atoms with E-state index in [4.69, 9.17) is 10.2 Å². The van der Waals surface area contributed by atoms with Gasteiger partial charge in [-0.05, 0) is 0 Å². The zero-order valence-corrected chi connectivity index (χ0v) is 13.2. The van der Waals surface area contributed by atoms with Crippen molar-refractivity contribution in [2.45, 2.75) is 0 Å². The zero-order valence-electron chi connectivity index (χ0n) is 12.1. The number of nitrogens with zero attached hydrogens (tertiary/aromatic N) is 2. The van der Waals surface area contributed by atoms with Crippen LogP contribution in [0.1, 0.15) is 0 Å². The van der Waals surface area contributed by atoms with Gasteiger partial charge in [-0.15, -0.1) is 0 Å². The molecule has 0 saturated carbocycles. The molecule has 21 heavy (non-hydrogen) atoms. The molecule has 0 bridgehead atoms. The van der Waals surface area contributed by atoms with E-state index >= 15 is 0 Å². The fourth-order valence-corrected chi connectivity index (χ4v) is 2.12. The van der Waals surface area contributed by atoms with E-state index in [0.29, 0.717) is 52.4 Å². The molecule has 1 radical (unpaired) electrons. The van der Waals surface area contributed by atoms with Gasteiger partial charge < -0.3 is 20.8 Å². The molecule has 0 atom stereocenters. The first kappa shape index (κ1) is 20.3. The van der Waals surface area contributed by atoms with Crippen molar-refractivity contribution in [1.29, 1.82) is 0 Å². The van der Waals surface area contributed by atoms with Crippen molar-refractivity contribution in [3.05, 3.63) is 0 Å². The topological polar surface area (TPSA) is 105 Å². The Hall–Kier alpha value is -0.701. The molecule has 1 rings (SSSR count). The molecule has 0 aromatic heterocycles. The van der Waals surface area contributed by atoms with E-state index in [1.54, 1.807) is 0 Å². The number of rotatable bonds is 4. The largest absolute Gasteiger partial charge is 0.480 e. The summed E-state index contributed by atoms with van der Waals surface area (Å²) in [5.41, 5.74) is 0. The fourth-order valence-electron chi connectivity index (χ4n) is 2.12. The van der Waals surface area contributed by atoms with Gasteiger partial charge in [-0.2, -0.15) is 0 Å². The second-order valence-electron chi connectivity index (χ2n) is 4.84. The quantitative estimate of drug-likeness (QED) is 0.433. The molecule has 1 saturated heterocycles. The average Bonchev–Trinajstić information content (AvgIpc) is 2.33. The number of nitrogens with one attached hydrogen (secondary N) is 2. The summed E-state index contributed by atoms with van der Waals surface area (Å²) in [5, 5.41) is 24.1. The van der Waals surface area contributed by atoms with Crippen LogP contribution in [0.5, 0.6) is 0 Å². The standard InChI is InChI=1S/C12H24N4O4.Mn/c17-11(18)9-15-5-1-13-2-6-16(10-12(19)20)8-4-14-3-7-15;/h13-14H,1-10H2,(H,17,18)(H,19,20);. The normalized spacial score (nSPS) is 19.8. The molecule has 123 valence electrons. The molecule has 1 heterocycles. The van der Waals surface area contributed by atoms with E-state index in [1.165, 1.54) is 0 Å². The maximum Gasteiger partial charge on any atom is 0.317 e. The van der Waals surface area contributed by atoms with Crippen LogP contribution in [0.15, 0.2) is 0 Å². The Kier molecular flexibility index (Phi) is 11.5. The molecule has 8 nitrogen and oxygen atoms in total. The Morgan fingerprint density at radius 2 is 1.05 bits per heavy atom. The summed E-state index contributed by atoms with van der Waals surface area (Å²) in [5.74, 6) is -1.63. The van der Waals surface area contributed by atoms with Gasteiger partial charge in [0.15, 0.2) is 0 Å². The average molecular weight is 343 g/mol. The molecule has 0 aromatic rings. The van der Waals surface area contributed by atoms with Crippen LogP contribution in [0, 0.1) is 0 Å². The van der Waals surface area contributed by atoms with E-state index in [2.05, 4.69) is 10.6 Å². The molecule has 0 aromatic carbocycles. The summed E-state index contributed by atoms with van der Waals surface area (Å²) in [4.78, 5) is 25.3. The van der Waals surface area contributed by atoms with Crippen molar-refractivity contribution in [3.8, 4) is 0 Å². The van der Waals surface area contributed by atoms with Gasteiger partial charge in [0.2, 0.25) is 0 Å². The molecule has 4 N–H and O–H groups in total. The fraction of sp³-hybridized carbons (Fsp3) is 0.833. The van der Waals surface area contributed by atoms with Gasteiger partial charge in [0, 0.05) is 69.4 Å². The van der Waals surface area contributed by atoms with Crippen LogP contribution in [0.2, 0.25) is 0 Å². The zero-order chi connectivity index (χ0) is 14.8. The van der Waals surface area contributed by atoms with Crippen LogP contribution >= 0.6 is 0 Å². The molecule has 1 fully saturated rings. The maximum atomic E-state index is 10.7. The number of carbonyl (C=O) groups is 2. The molecular weight excluding hydrogens is 319 g/mol. The van der Waals surface area contributed by atoms with Gasteiger partial charge in [-0.3, -0.25) is 19.4 Å². The van der Waals surface area contributed by atoms with Gasteiger partial charge in [0.1, 0.15) is 0 Å². The van der Waals surface area contributed by atoms with E-state index < -0.39 is 11.9 Å². The number of carboxylic acids is 2. The van der Waals surface area contributed by atoms with E-state index in [1.807, 2.05) is 9.80 Å². The van der Waals surface area contributed by atoms with Gasteiger partial charge in [0.05, 0.1) is 13.1 Å². The molecular formula is C12H24MnN4O4. The predicted octanol–water partition coefficient (Wildman–Crippen LogP) is -2.05. The Morgan fingerprint density at radius 1 is 0.762 bits per heavy atom. The van der Waals surface area contributed by atoms with Crippen molar-refractivity contribution in [2.75, 3.05) is 65.4 Å². The molecule has 1 aliphatic rings. The summed E-state index contributed by atoms with van der Waals surface area (Å²) >= 11 is 0. The van der Waals surface area contributed by atoms with E-state index in [9.17, 15) is 9.59 Å². The second kappa shape index (κ2) is 11.9. The van der Waals surface area contributed by atoms with Crippen LogP contribution in [-0.4, -0.2) is 97.4 Å². The van der Waals surface area contributed by atoms with Crippen molar-refractivity contribution in [1.82, 2.24) is 20.4 Å². The Labute approximate surface area is 135 Å². The van der Waals surface area contributed by atoms with Gasteiger partial charge in [-0.25, -0.2) is 0 Å². The van der Waals surface area contributed by atoms with Crippen LogP contribution in [-0.2, 0) is 26.7 Å². The van der Waals surface area contributed by atoms with Crippen molar-refractivity contribution in [3.63, 3.8) is 0 Å². The summed E-state index contributed by atoms with van der Waals surface area (Å²) in [6.45, 7) is 5.60. The Bertz CT molecular complexity index is 278. The number of carboxylic acid groups (broad SMARTS) is 2. The molecule has 0 aliphatic carbocycles. The summed E-state index contributed by atoms with van der Waals surface area (Å²) < 4.78 is 0. The molecule has 0 spiro atoms. The minimum atomic E-state index is -0.815. The Morgan fingerprint density at radius 3 is 1.29 bits per heavy atom. The van der Waals surface area contributed by atoms with Crippen molar-refractivity contribution >= 4 is 11.9 Å². The third-order valence-electron chi connectivity index (χ3n) is 3.14. The summed E-state index contributed by atoms with van der Waals surface area (Å²) in [6, 6.07) is 0. The van der Waals surface area contributed by atoms with Crippen LogP contribution in [0.4, 0.5) is 0 Å². The molecule has 0 unspecified atom stereocenters. The summed E-state index contributed by atoms with van der Waals surface area (Å²) in [7, 11) is 0. The van der Waals surface area contributed by atoms with Crippen molar-refractivity contribution in [2.24, 2.45) is 0 Å². The molecule has 9 heteroatoms. The predicted molar refractivity (Wildman–Crippen MR) is 73.9 cm³/mol. The van der Waals surface area contributed by atoms with Crippen molar-refractivity contribution < 1.29 is 36.9 Å². The van der Waals surface area contributed by atoms with Crippen LogP contribution in [0.3, 0.4) is 0 Å². The maximum absolute atomic E-state index is 10.7.